The molecular formula is C21H19BrN2O6. The summed E-state index contributed by atoms with van der Waals surface area (Å²) in [5, 5.41) is 4.77. The van der Waals surface area contributed by atoms with Crippen LogP contribution < -0.4 is 14.9 Å². The second kappa shape index (κ2) is 9.93. The fraction of sp³-hybridized carbons (Fsp3) is 0.190. The Morgan fingerprint density at radius 1 is 1.13 bits per heavy atom. The van der Waals surface area contributed by atoms with Crippen LogP contribution in [0.5, 0.6) is 11.5 Å². The van der Waals surface area contributed by atoms with Gasteiger partial charge in [0.1, 0.15) is 5.58 Å². The molecule has 30 heavy (non-hydrogen) atoms. The molecule has 0 unspecified atom stereocenters. The summed E-state index contributed by atoms with van der Waals surface area (Å²) in [5.41, 5.74) is 3.70. The highest BCUT2D eigenvalue weighted by molar-refractivity contribution is 9.10. The van der Waals surface area contributed by atoms with E-state index in [-0.39, 0.29) is 12.4 Å². The van der Waals surface area contributed by atoms with Crippen LogP contribution in [0.3, 0.4) is 0 Å². The smallest absolute Gasteiger partial charge is 0.343 e. The molecular weight excluding hydrogens is 456 g/mol. The number of esters is 1. The highest BCUT2D eigenvalue weighted by Gasteiger charge is 2.12. The van der Waals surface area contributed by atoms with E-state index in [1.807, 2.05) is 19.1 Å². The predicted molar refractivity (Wildman–Crippen MR) is 114 cm³/mol. The van der Waals surface area contributed by atoms with Gasteiger partial charge >= 0.3 is 11.9 Å². The van der Waals surface area contributed by atoms with E-state index in [9.17, 15) is 9.59 Å². The van der Waals surface area contributed by atoms with Gasteiger partial charge in [-0.05, 0) is 55.0 Å². The van der Waals surface area contributed by atoms with Gasteiger partial charge in [0.25, 0.3) is 0 Å². The molecule has 1 heterocycles. The first kappa shape index (κ1) is 21.4. The molecule has 0 aliphatic carbocycles. The van der Waals surface area contributed by atoms with Crippen LogP contribution in [0.2, 0.25) is 0 Å². The van der Waals surface area contributed by atoms with Gasteiger partial charge in [-0.1, -0.05) is 15.9 Å². The summed E-state index contributed by atoms with van der Waals surface area (Å²) >= 11 is 3.38. The topological polar surface area (TPSA) is 99.4 Å². The van der Waals surface area contributed by atoms with Gasteiger partial charge in [-0.3, -0.25) is 4.79 Å². The van der Waals surface area contributed by atoms with Crippen LogP contribution in [0, 0.1) is 0 Å². The molecule has 1 N–H and O–H groups in total. The van der Waals surface area contributed by atoms with Crippen LogP contribution in [0.25, 0.3) is 11.0 Å². The molecule has 3 aromatic rings. The average molecular weight is 475 g/mol. The lowest BCUT2D eigenvalue weighted by atomic mass is 10.2. The van der Waals surface area contributed by atoms with E-state index in [0.29, 0.717) is 29.3 Å². The molecule has 0 saturated carbocycles. The van der Waals surface area contributed by atoms with Gasteiger partial charge in [0.05, 0.1) is 19.9 Å². The molecule has 1 aromatic heterocycles. The second-order valence-corrected chi connectivity index (χ2v) is 6.91. The Kier molecular flexibility index (Phi) is 7.08. The van der Waals surface area contributed by atoms with E-state index < -0.39 is 11.9 Å². The molecule has 1 amide bonds. The van der Waals surface area contributed by atoms with Gasteiger partial charge in [-0.25, -0.2) is 10.2 Å². The zero-order valence-corrected chi connectivity index (χ0v) is 17.9. The normalized spacial score (nSPS) is 10.9. The second-order valence-electron chi connectivity index (χ2n) is 6.00. The standard InChI is InChI=1S/C21H19BrN2O6/c1-3-28-18-8-13(4-6-17(18)29-12-20(25)27-2)11-23-24-21(26)19-10-14-9-15(22)5-7-16(14)30-19/h4-11H,3,12H2,1-2H3,(H,24,26)/b23-11+. The number of hydrogen-bond donors (Lipinski definition) is 1. The molecule has 156 valence electrons. The lowest BCUT2D eigenvalue weighted by molar-refractivity contribution is -0.142. The van der Waals surface area contributed by atoms with Crippen LogP contribution in [-0.4, -0.2) is 38.4 Å². The van der Waals surface area contributed by atoms with E-state index in [0.717, 1.165) is 9.86 Å². The van der Waals surface area contributed by atoms with Crippen LogP contribution in [0.1, 0.15) is 23.0 Å². The lowest BCUT2D eigenvalue weighted by Gasteiger charge is -2.11. The number of methoxy groups -OCH3 is 1. The zero-order valence-electron chi connectivity index (χ0n) is 16.3. The highest BCUT2D eigenvalue weighted by Crippen LogP contribution is 2.28. The van der Waals surface area contributed by atoms with Crippen LogP contribution >= 0.6 is 15.9 Å². The number of amides is 1. The summed E-state index contributed by atoms with van der Waals surface area (Å²) in [6.07, 6.45) is 1.46. The third kappa shape index (κ3) is 5.38. The minimum atomic E-state index is -0.497. The third-order valence-corrected chi connectivity index (χ3v) is 4.42. The number of carbonyl (C=O) groups excluding carboxylic acids is 2. The SMILES string of the molecule is CCOc1cc(/C=N/NC(=O)c2cc3cc(Br)ccc3o2)ccc1OCC(=O)OC. The van der Waals surface area contributed by atoms with Crippen LogP contribution in [0.15, 0.2) is 56.5 Å². The molecule has 0 bridgehead atoms. The molecule has 2 aromatic carbocycles. The average Bonchev–Trinajstić information content (AvgIpc) is 3.16. The minimum absolute atomic E-state index is 0.154. The molecule has 3 rings (SSSR count). The summed E-state index contributed by atoms with van der Waals surface area (Å²) in [6.45, 7) is 2.01. The molecule has 9 heteroatoms. The number of fused-ring (bicyclic) bond motifs is 1. The minimum Gasteiger partial charge on any atom is -0.490 e. The lowest BCUT2D eigenvalue weighted by Crippen LogP contribution is -2.16. The zero-order chi connectivity index (χ0) is 21.5. The predicted octanol–water partition coefficient (Wildman–Crippen LogP) is 3.91. The largest absolute Gasteiger partial charge is 0.490 e. The Hall–Kier alpha value is -3.33. The molecule has 0 spiro atoms. The number of halogens is 1. The Bertz CT molecular complexity index is 1090. The van der Waals surface area contributed by atoms with Crippen molar-refractivity contribution in [1.82, 2.24) is 5.43 Å². The summed E-state index contributed by atoms with van der Waals surface area (Å²) < 4.78 is 21.9. The van der Waals surface area contributed by atoms with Crippen molar-refractivity contribution in [3.05, 3.63) is 58.3 Å². The Morgan fingerprint density at radius 3 is 2.73 bits per heavy atom. The van der Waals surface area contributed by atoms with Gasteiger partial charge in [-0.2, -0.15) is 5.10 Å². The summed E-state index contributed by atoms with van der Waals surface area (Å²) in [6, 6.07) is 12.2. The maximum absolute atomic E-state index is 12.3. The van der Waals surface area contributed by atoms with Crippen molar-refractivity contribution >= 4 is 45.0 Å². The van der Waals surface area contributed by atoms with Gasteiger partial charge in [0, 0.05) is 9.86 Å². The van der Waals surface area contributed by atoms with Crippen molar-refractivity contribution < 1.29 is 28.2 Å². The summed E-state index contributed by atoms with van der Waals surface area (Å²) in [4.78, 5) is 23.5. The van der Waals surface area contributed by atoms with Crippen molar-refractivity contribution in [3.63, 3.8) is 0 Å². The van der Waals surface area contributed by atoms with Gasteiger partial charge in [0.15, 0.2) is 23.9 Å². The van der Waals surface area contributed by atoms with Crippen molar-refractivity contribution in [1.29, 1.82) is 0 Å². The maximum Gasteiger partial charge on any atom is 0.343 e. The van der Waals surface area contributed by atoms with Gasteiger partial charge in [0.2, 0.25) is 0 Å². The van der Waals surface area contributed by atoms with E-state index in [4.69, 9.17) is 13.9 Å². The fourth-order valence-corrected chi connectivity index (χ4v) is 2.91. The first-order valence-corrected chi connectivity index (χ1v) is 9.78. The van der Waals surface area contributed by atoms with Crippen molar-refractivity contribution in [2.75, 3.05) is 20.3 Å². The Balaban J connectivity index is 1.67. The third-order valence-electron chi connectivity index (χ3n) is 3.92. The number of benzene rings is 2. The highest BCUT2D eigenvalue weighted by atomic mass is 79.9. The molecule has 0 fully saturated rings. The molecule has 0 atom stereocenters. The number of nitrogens with zero attached hydrogens (tertiary/aromatic N) is 1. The number of hydrogen-bond acceptors (Lipinski definition) is 7. The number of carbonyl (C=O) groups is 2. The molecule has 0 saturated heterocycles. The number of furan rings is 1. The first-order chi connectivity index (χ1) is 14.5. The maximum atomic E-state index is 12.3. The summed E-state index contributed by atoms with van der Waals surface area (Å²) in [5.74, 6) is 0.0311. The first-order valence-electron chi connectivity index (χ1n) is 8.99. The van der Waals surface area contributed by atoms with Crippen molar-refractivity contribution in [3.8, 4) is 11.5 Å². The van der Waals surface area contributed by atoms with E-state index >= 15 is 0 Å². The fourth-order valence-electron chi connectivity index (χ4n) is 2.53. The van der Waals surface area contributed by atoms with E-state index in [2.05, 4.69) is 31.2 Å². The molecule has 0 radical (unpaired) electrons. The number of hydrazone groups is 1. The van der Waals surface area contributed by atoms with E-state index in [1.165, 1.54) is 13.3 Å². The Labute approximate surface area is 180 Å². The van der Waals surface area contributed by atoms with Crippen LogP contribution in [0.4, 0.5) is 0 Å². The Morgan fingerprint density at radius 2 is 1.97 bits per heavy atom. The number of rotatable bonds is 8. The molecule has 8 nitrogen and oxygen atoms in total. The summed E-state index contributed by atoms with van der Waals surface area (Å²) in [7, 11) is 1.29. The van der Waals surface area contributed by atoms with E-state index in [1.54, 1.807) is 30.3 Å². The van der Waals surface area contributed by atoms with Crippen molar-refractivity contribution in [2.24, 2.45) is 5.10 Å². The van der Waals surface area contributed by atoms with Crippen molar-refractivity contribution in [2.45, 2.75) is 6.92 Å². The quantitative estimate of drug-likeness (QED) is 0.301. The molecule has 0 aliphatic rings. The number of nitrogens with one attached hydrogen (secondary N) is 1. The number of ether oxygens (including phenoxy) is 3. The monoisotopic (exact) mass is 474 g/mol. The van der Waals surface area contributed by atoms with Gasteiger partial charge in [-0.15, -0.1) is 0 Å². The van der Waals surface area contributed by atoms with Crippen LogP contribution in [-0.2, 0) is 9.53 Å². The molecule has 0 aliphatic heterocycles. The van der Waals surface area contributed by atoms with Gasteiger partial charge < -0.3 is 18.6 Å².